The predicted octanol–water partition coefficient (Wildman–Crippen LogP) is 3.47. The molecule has 0 amide bonds. The molecule has 0 heterocycles. The van der Waals surface area contributed by atoms with Gasteiger partial charge in [0.1, 0.15) is 18.1 Å². The van der Waals surface area contributed by atoms with Gasteiger partial charge in [-0.3, -0.25) is 0 Å². The van der Waals surface area contributed by atoms with Crippen molar-refractivity contribution in [1.29, 1.82) is 0 Å². The van der Waals surface area contributed by atoms with Crippen LogP contribution in [0.2, 0.25) is 0 Å². The number of hydrogen-bond acceptors (Lipinski definition) is 3. The summed E-state index contributed by atoms with van der Waals surface area (Å²) in [5.41, 5.74) is 9.28. The number of aryl methyl sites for hydroxylation is 1. The van der Waals surface area contributed by atoms with Gasteiger partial charge in [-0.25, -0.2) is 0 Å². The van der Waals surface area contributed by atoms with Gasteiger partial charge in [0.25, 0.3) is 0 Å². The highest BCUT2D eigenvalue weighted by atomic mass is 16.5. The molecule has 21 heavy (non-hydrogen) atoms. The van der Waals surface area contributed by atoms with Crippen molar-refractivity contribution in [3.63, 3.8) is 0 Å². The third kappa shape index (κ3) is 4.50. The summed E-state index contributed by atoms with van der Waals surface area (Å²) in [4.78, 5) is 0. The molecule has 2 N–H and O–H groups in total. The molecule has 0 saturated heterocycles. The van der Waals surface area contributed by atoms with E-state index in [1.54, 1.807) is 7.11 Å². The summed E-state index contributed by atoms with van der Waals surface area (Å²) >= 11 is 0. The molecule has 3 nitrogen and oxygen atoms in total. The fourth-order valence-electron chi connectivity index (χ4n) is 2.32. The van der Waals surface area contributed by atoms with Crippen molar-refractivity contribution in [2.45, 2.75) is 32.9 Å². The first-order valence-electron chi connectivity index (χ1n) is 7.19. The number of methoxy groups -OCH3 is 1. The Labute approximate surface area is 126 Å². The second kappa shape index (κ2) is 7.14. The standard InChI is InChI=1S/C18H23NO2/c1-13-7-8-18(20-3)16(9-13)12-21-17-6-4-5-15(11-17)10-14(2)19/h4-9,11,14H,10,12,19H2,1-3H3. The highest BCUT2D eigenvalue weighted by Gasteiger charge is 2.05. The fourth-order valence-corrected chi connectivity index (χ4v) is 2.32. The van der Waals surface area contributed by atoms with Gasteiger partial charge in [0.05, 0.1) is 7.11 Å². The monoisotopic (exact) mass is 285 g/mol. The second-order valence-electron chi connectivity index (χ2n) is 5.43. The van der Waals surface area contributed by atoms with E-state index in [1.807, 2.05) is 37.3 Å². The molecule has 3 heteroatoms. The van der Waals surface area contributed by atoms with Gasteiger partial charge in [0.2, 0.25) is 0 Å². The lowest BCUT2D eigenvalue weighted by atomic mass is 10.1. The van der Waals surface area contributed by atoms with Gasteiger partial charge >= 0.3 is 0 Å². The van der Waals surface area contributed by atoms with Crippen LogP contribution in [0.3, 0.4) is 0 Å². The third-order valence-corrected chi connectivity index (χ3v) is 3.29. The number of nitrogens with two attached hydrogens (primary N) is 1. The molecule has 2 aromatic rings. The lowest BCUT2D eigenvalue weighted by Gasteiger charge is -2.12. The summed E-state index contributed by atoms with van der Waals surface area (Å²) < 4.78 is 11.3. The third-order valence-electron chi connectivity index (χ3n) is 3.29. The highest BCUT2D eigenvalue weighted by molar-refractivity contribution is 5.37. The summed E-state index contributed by atoms with van der Waals surface area (Å²) in [6, 6.07) is 14.3. The minimum absolute atomic E-state index is 0.150. The maximum Gasteiger partial charge on any atom is 0.125 e. The molecule has 1 unspecified atom stereocenters. The van der Waals surface area contributed by atoms with E-state index >= 15 is 0 Å². The molecule has 0 aromatic heterocycles. The van der Waals surface area contributed by atoms with Gasteiger partial charge in [-0.05, 0) is 50.1 Å². The number of hydrogen-bond donors (Lipinski definition) is 1. The van der Waals surface area contributed by atoms with Crippen LogP contribution in [0.4, 0.5) is 0 Å². The maximum absolute atomic E-state index is 5.89. The molecule has 0 fully saturated rings. The Morgan fingerprint density at radius 2 is 1.95 bits per heavy atom. The van der Waals surface area contributed by atoms with E-state index < -0.39 is 0 Å². The van der Waals surface area contributed by atoms with Crippen molar-refractivity contribution in [3.8, 4) is 11.5 Å². The predicted molar refractivity (Wildman–Crippen MR) is 85.9 cm³/mol. The zero-order valence-electron chi connectivity index (χ0n) is 12.9. The van der Waals surface area contributed by atoms with Crippen molar-refractivity contribution >= 4 is 0 Å². The highest BCUT2D eigenvalue weighted by Crippen LogP contribution is 2.22. The van der Waals surface area contributed by atoms with Gasteiger partial charge < -0.3 is 15.2 Å². The van der Waals surface area contributed by atoms with E-state index in [9.17, 15) is 0 Å². The van der Waals surface area contributed by atoms with Crippen LogP contribution in [0.5, 0.6) is 11.5 Å². The van der Waals surface area contributed by atoms with Crippen molar-refractivity contribution in [3.05, 3.63) is 59.2 Å². The van der Waals surface area contributed by atoms with Crippen LogP contribution in [0.15, 0.2) is 42.5 Å². The van der Waals surface area contributed by atoms with Crippen LogP contribution in [0.1, 0.15) is 23.6 Å². The molecular weight excluding hydrogens is 262 g/mol. The molecule has 0 radical (unpaired) electrons. The Balaban J connectivity index is 2.07. The zero-order valence-corrected chi connectivity index (χ0v) is 12.9. The van der Waals surface area contributed by atoms with Crippen LogP contribution >= 0.6 is 0 Å². The average molecular weight is 285 g/mol. The maximum atomic E-state index is 5.89. The molecule has 0 spiro atoms. The SMILES string of the molecule is COc1ccc(C)cc1COc1cccc(CC(C)N)c1. The summed E-state index contributed by atoms with van der Waals surface area (Å²) in [7, 11) is 1.68. The van der Waals surface area contributed by atoms with Gasteiger partial charge in [0, 0.05) is 11.6 Å². The summed E-state index contributed by atoms with van der Waals surface area (Å²) in [5, 5.41) is 0. The number of rotatable bonds is 6. The normalized spacial score (nSPS) is 12.0. The topological polar surface area (TPSA) is 44.5 Å². The van der Waals surface area contributed by atoms with E-state index in [-0.39, 0.29) is 6.04 Å². The number of ether oxygens (including phenoxy) is 2. The summed E-state index contributed by atoms with van der Waals surface area (Å²) in [5.74, 6) is 1.71. The molecule has 0 aliphatic rings. The Hall–Kier alpha value is -2.00. The van der Waals surface area contributed by atoms with E-state index in [0.29, 0.717) is 6.61 Å². The van der Waals surface area contributed by atoms with E-state index in [4.69, 9.17) is 15.2 Å². The van der Waals surface area contributed by atoms with E-state index in [0.717, 1.165) is 23.5 Å². The van der Waals surface area contributed by atoms with Gasteiger partial charge in [-0.15, -0.1) is 0 Å². The van der Waals surface area contributed by atoms with Crippen LogP contribution in [0.25, 0.3) is 0 Å². The van der Waals surface area contributed by atoms with Crippen molar-refractivity contribution < 1.29 is 9.47 Å². The van der Waals surface area contributed by atoms with Crippen molar-refractivity contribution in [2.75, 3.05) is 7.11 Å². The second-order valence-corrected chi connectivity index (χ2v) is 5.43. The van der Waals surface area contributed by atoms with Gasteiger partial charge in [0.15, 0.2) is 0 Å². The molecule has 0 aliphatic carbocycles. The quantitative estimate of drug-likeness (QED) is 0.884. The fraction of sp³-hybridized carbons (Fsp3) is 0.333. The zero-order chi connectivity index (χ0) is 15.2. The smallest absolute Gasteiger partial charge is 0.125 e. The molecule has 0 saturated carbocycles. The lowest BCUT2D eigenvalue weighted by molar-refractivity contribution is 0.296. The molecular formula is C18H23NO2. The minimum atomic E-state index is 0.150. The Morgan fingerprint density at radius 3 is 2.67 bits per heavy atom. The summed E-state index contributed by atoms with van der Waals surface area (Å²) in [6.07, 6.45) is 0.852. The van der Waals surface area contributed by atoms with Crippen LogP contribution in [-0.2, 0) is 13.0 Å². The van der Waals surface area contributed by atoms with Crippen LogP contribution in [-0.4, -0.2) is 13.2 Å². The Bertz CT molecular complexity index is 594. The molecule has 0 bridgehead atoms. The lowest BCUT2D eigenvalue weighted by Crippen LogP contribution is -2.17. The average Bonchev–Trinajstić information content (AvgIpc) is 2.45. The first-order valence-corrected chi connectivity index (χ1v) is 7.19. The first kappa shape index (κ1) is 15.4. The molecule has 112 valence electrons. The van der Waals surface area contributed by atoms with Gasteiger partial charge in [-0.2, -0.15) is 0 Å². The first-order chi connectivity index (χ1) is 10.1. The minimum Gasteiger partial charge on any atom is -0.496 e. The summed E-state index contributed by atoms with van der Waals surface area (Å²) in [6.45, 7) is 4.56. The van der Waals surface area contributed by atoms with Gasteiger partial charge in [-0.1, -0.05) is 23.8 Å². The Kier molecular flexibility index (Phi) is 5.23. The molecule has 2 rings (SSSR count). The number of benzene rings is 2. The van der Waals surface area contributed by atoms with Crippen LogP contribution < -0.4 is 15.2 Å². The molecule has 2 aromatic carbocycles. The van der Waals surface area contributed by atoms with E-state index in [2.05, 4.69) is 19.1 Å². The largest absolute Gasteiger partial charge is 0.496 e. The Morgan fingerprint density at radius 1 is 1.14 bits per heavy atom. The van der Waals surface area contributed by atoms with E-state index in [1.165, 1.54) is 11.1 Å². The van der Waals surface area contributed by atoms with Crippen LogP contribution in [0, 0.1) is 6.92 Å². The molecule has 0 aliphatic heterocycles. The van der Waals surface area contributed by atoms with Crippen molar-refractivity contribution in [2.24, 2.45) is 5.73 Å². The van der Waals surface area contributed by atoms with Crippen molar-refractivity contribution in [1.82, 2.24) is 0 Å². The molecule has 1 atom stereocenters.